The Hall–Kier alpha value is -3.98. The molecule has 9 nitrogen and oxygen atoms in total. The number of carboxylic acid groups (broad SMARTS) is 1. The molecule has 0 fully saturated rings. The van der Waals surface area contributed by atoms with Crippen LogP contribution in [-0.2, 0) is 17.6 Å². The highest BCUT2D eigenvalue weighted by Gasteiger charge is 2.21. The largest absolute Gasteiger partial charge is 0.480 e. The Morgan fingerprint density at radius 2 is 2.13 bits per heavy atom. The summed E-state index contributed by atoms with van der Waals surface area (Å²) in [4.78, 5) is 38.7. The van der Waals surface area contributed by atoms with Gasteiger partial charge < -0.3 is 26.1 Å². The number of carbonyl (C=O) groups is 2. The van der Waals surface area contributed by atoms with Gasteiger partial charge in [-0.25, -0.2) is 9.97 Å². The lowest BCUT2D eigenvalue weighted by Gasteiger charge is -2.10. The first kappa shape index (κ1) is 19.0. The summed E-state index contributed by atoms with van der Waals surface area (Å²) in [6.07, 6.45) is 4.43. The molecule has 4 aromatic rings. The van der Waals surface area contributed by atoms with Gasteiger partial charge in [0.15, 0.2) is 5.82 Å². The van der Waals surface area contributed by atoms with E-state index in [4.69, 9.17) is 10.8 Å². The summed E-state index contributed by atoms with van der Waals surface area (Å²) < 4.78 is 0. The highest BCUT2D eigenvalue weighted by atomic mass is 16.4. The first-order chi connectivity index (χ1) is 15.0. The second-order valence-corrected chi connectivity index (χ2v) is 7.57. The molecule has 0 saturated heterocycles. The molecule has 31 heavy (non-hydrogen) atoms. The predicted octanol–water partition coefficient (Wildman–Crippen LogP) is 1.86. The third kappa shape index (κ3) is 3.44. The van der Waals surface area contributed by atoms with Gasteiger partial charge in [-0.15, -0.1) is 0 Å². The third-order valence-electron chi connectivity index (χ3n) is 5.52. The lowest BCUT2D eigenvalue weighted by Crippen LogP contribution is -2.32. The van der Waals surface area contributed by atoms with Crippen LogP contribution in [-0.4, -0.2) is 49.5 Å². The highest BCUT2D eigenvalue weighted by Crippen LogP contribution is 2.27. The van der Waals surface area contributed by atoms with Crippen LogP contribution in [0.5, 0.6) is 0 Å². The number of aromatic nitrogens is 4. The Morgan fingerprint density at radius 3 is 2.94 bits per heavy atom. The minimum atomic E-state index is -1.04. The van der Waals surface area contributed by atoms with Crippen LogP contribution in [0.4, 0.5) is 0 Å². The highest BCUT2D eigenvalue weighted by molar-refractivity contribution is 5.97. The topological polar surface area (TPSA) is 150 Å². The summed E-state index contributed by atoms with van der Waals surface area (Å²) >= 11 is 0. The molecule has 3 aromatic heterocycles. The zero-order valence-corrected chi connectivity index (χ0v) is 16.5. The van der Waals surface area contributed by atoms with Gasteiger partial charge in [0.2, 0.25) is 0 Å². The molecule has 1 unspecified atom stereocenters. The van der Waals surface area contributed by atoms with Gasteiger partial charge in [-0.1, -0.05) is 0 Å². The van der Waals surface area contributed by atoms with Crippen molar-refractivity contribution >= 4 is 22.8 Å². The minimum Gasteiger partial charge on any atom is -0.480 e. The lowest BCUT2D eigenvalue weighted by atomic mass is 10.0. The van der Waals surface area contributed by atoms with Crippen LogP contribution in [0.2, 0.25) is 0 Å². The van der Waals surface area contributed by atoms with E-state index in [0.717, 1.165) is 39.8 Å². The van der Waals surface area contributed by atoms with Crippen molar-refractivity contribution in [2.45, 2.75) is 18.9 Å². The SMILES string of the molecule is NC(Cc1c[nH]c2ccc(-c3nccc(-c4cc5c([nH]4)CCNC5=O)n3)cc12)C(=O)O. The second-order valence-electron chi connectivity index (χ2n) is 7.57. The van der Waals surface area contributed by atoms with Crippen LogP contribution in [0.15, 0.2) is 42.7 Å². The maximum atomic E-state index is 12.1. The van der Waals surface area contributed by atoms with Crippen LogP contribution >= 0.6 is 0 Å². The van der Waals surface area contributed by atoms with Crippen molar-refractivity contribution in [3.05, 3.63) is 59.5 Å². The number of nitrogens with two attached hydrogens (primary N) is 1. The van der Waals surface area contributed by atoms with Crippen LogP contribution < -0.4 is 11.1 Å². The second kappa shape index (κ2) is 7.37. The average Bonchev–Trinajstić information content (AvgIpc) is 3.39. The number of carboxylic acids is 1. The van der Waals surface area contributed by atoms with Crippen molar-refractivity contribution in [3.8, 4) is 22.8 Å². The molecule has 1 amide bonds. The Labute approximate surface area is 176 Å². The van der Waals surface area contributed by atoms with Gasteiger partial charge in [-0.05, 0) is 35.9 Å². The number of aromatic amines is 2. The summed E-state index contributed by atoms with van der Waals surface area (Å²) in [7, 11) is 0. The van der Waals surface area contributed by atoms with E-state index in [1.807, 2.05) is 24.3 Å². The molecule has 0 saturated carbocycles. The average molecular weight is 416 g/mol. The van der Waals surface area contributed by atoms with Crippen LogP contribution in [0.3, 0.4) is 0 Å². The Morgan fingerprint density at radius 1 is 1.26 bits per heavy atom. The smallest absolute Gasteiger partial charge is 0.320 e. The molecule has 1 aromatic carbocycles. The van der Waals surface area contributed by atoms with Gasteiger partial charge in [-0.3, -0.25) is 9.59 Å². The Bertz CT molecular complexity index is 1320. The molecular weight excluding hydrogens is 396 g/mol. The lowest BCUT2D eigenvalue weighted by molar-refractivity contribution is -0.138. The molecule has 4 heterocycles. The number of fused-ring (bicyclic) bond motifs is 2. The van der Waals surface area contributed by atoms with Crippen molar-refractivity contribution in [2.75, 3.05) is 6.54 Å². The van der Waals surface area contributed by atoms with Gasteiger partial charge in [0.05, 0.1) is 17.0 Å². The fourth-order valence-corrected chi connectivity index (χ4v) is 3.89. The van der Waals surface area contributed by atoms with Crippen molar-refractivity contribution in [3.63, 3.8) is 0 Å². The zero-order valence-electron chi connectivity index (χ0n) is 16.5. The van der Waals surface area contributed by atoms with Gasteiger partial charge in [0, 0.05) is 53.9 Å². The fraction of sp³-hybridized carbons (Fsp3) is 0.182. The molecule has 5 rings (SSSR count). The molecule has 0 aliphatic carbocycles. The number of hydrogen-bond donors (Lipinski definition) is 5. The summed E-state index contributed by atoms with van der Waals surface area (Å²) in [6, 6.07) is 8.39. The van der Waals surface area contributed by atoms with Crippen LogP contribution in [0, 0.1) is 0 Å². The maximum Gasteiger partial charge on any atom is 0.320 e. The van der Waals surface area contributed by atoms with E-state index < -0.39 is 12.0 Å². The van der Waals surface area contributed by atoms with Gasteiger partial charge >= 0.3 is 5.97 Å². The standard InChI is InChI=1S/C22H20N6O3/c23-15(22(30)31)8-12-10-26-16-2-1-11(7-13(12)16)20-24-5-4-18(28-20)19-9-14-17(27-19)3-6-25-21(14)29/h1-2,4-5,7,9-10,15,26-27H,3,6,8,23H2,(H,25,29)(H,30,31). The third-order valence-corrected chi connectivity index (χ3v) is 5.52. The summed E-state index contributed by atoms with van der Waals surface area (Å²) in [6.45, 7) is 0.616. The minimum absolute atomic E-state index is 0.0805. The first-order valence-electron chi connectivity index (χ1n) is 9.92. The number of rotatable bonds is 5. The number of nitrogens with one attached hydrogen (secondary N) is 3. The van der Waals surface area contributed by atoms with E-state index in [9.17, 15) is 9.59 Å². The zero-order chi connectivity index (χ0) is 21.5. The number of hydrogen-bond acceptors (Lipinski definition) is 5. The molecule has 156 valence electrons. The Balaban J connectivity index is 1.51. The van der Waals surface area contributed by atoms with E-state index in [1.54, 1.807) is 18.5 Å². The molecule has 1 aliphatic heterocycles. The van der Waals surface area contributed by atoms with Crippen molar-refractivity contribution in [1.29, 1.82) is 0 Å². The fourth-order valence-electron chi connectivity index (χ4n) is 3.89. The summed E-state index contributed by atoms with van der Waals surface area (Å²) in [5, 5.41) is 12.8. The molecule has 1 atom stereocenters. The molecule has 0 radical (unpaired) electrons. The Kier molecular flexibility index (Phi) is 4.52. The summed E-state index contributed by atoms with van der Waals surface area (Å²) in [5.74, 6) is -0.585. The van der Waals surface area contributed by atoms with Gasteiger partial charge in [0.1, 0.15) is 6.04 Å². The number of amides is 1. The number of H-pyrrole nitrogens is 2. The van der Waals surface area contributed by atoms with Gasteiger partial charge in [-0.2, -0.15) is 0 Å². The van der Waals surface area contributed by atoms with Crippen molar-refractivity contribution < 1.29 is 14.7 Å². The van der Waals surface area contributed by atoms with Crippen LogP contribution in [0.1, 0.15) is 21.6 Å². The number of carbonyl (C=O) groups excluding carboxylic acids is 1. The number of benzene rings is 1. The normalized spacial score (nSPS) is 14.3. The van der Waals surface area contributed by atoms with Crippen molar-refractivity contribution in [1.82, 2.24) is 25.3 Å². The molecular formula is C22H20N6O3. The number of nitrogens with zero attached hydrogens (tertiary/aromatic N) is 2. The van der Waals surface area contributed by atoms with E-state index in [1.165, 1.54) is 0 Å². The van der Waals surface area contributed by atoms with Crippen molar-refractivity contribution in [2.24, 2.45) is 5.73 Å². The van der Waals surface area contributed by atoms with Gasteiger partial charge in [0.25, 0.3) is 5.91 Å². The quantitative estimate of drug-likeness (QED) is 0.335. The van der Waals surface area contributed by atoms with E-state index >= 15 is 0 Å². The van der Waals surface area contributed by atoms with E-state index in [-0.39, 0.29) is 12.3 Å². The first-order valence-corrected chi connectivity index (χ1v) is 9.92. The molecule has 0 spiro atoms. The predicted molar refractivity (Wildman–Crippen MR) is 114 cm³/mol. The molecule has 1 aliphatic rings. The number of aliphatic carboxylic acids is 1. The maximum absolute atomic E-state index is 12.1. The van der Waals surface area contributed by atoms with E-state index in [2.05, 4.69) is 25.3 Å². The van der Waals surface area contributed by atoms with Crippen LogP contribution in [0.25, 0.3) is 33.7 Å². The molecule has 0 bridgehead atoms. The molecule has 9 heteroatoms. The van der Waals surface area contributed by atoms with E-state index in [0.29, 0.717) is 23.6 Å². The monoisotopic (exact) mass is 416 g/mol. The molecule has 6 N–H and O–H groups in total. The summed E-state index contributed by atoms with van der Waals surface area (Å²) in [5.41, 5.74) is 11.2.